The van der Waals surface area contributed by atoms with Crippen LogP contribution in [0.1, 0.15) is 38.2 Å². The lowest BCUT2D eigenvalue weighted by Gasteiger charge is -2.26. The van der Waals surface area contributed by atoms with E-state index in [0.29, 0.717) is 5.56 Å². The summed E-state index contributed by atoms with van der Waals surface area (Å²) in [6.45, 7) is 1.17. The molecule has 0 fully saturated rings. The highest BCUT2D eigenvalue weighted by molar-refractivity contribution is 5.95. The molecule has 0 aliphatic rings. The Balaban J connectivity index is 2.17. The van der Waals surface area contributed by atoms with Gasteiger partial charge in [0.05, 0.1) is 12.1 Å². The van der Waals surface area contributed by atoms with Gasteiger partial charge in [-0.25, -0.2) is 4.79 Å². The van der Waals surface area contributed by atoms with Crippen molar-refractivity contribution in [2.75, 3.05) is 0 Å². The van der Waals surface area contributed by atoms with Crippen LogP contribution < -0.4 is 21.7 Å². The number of H-pyrrole nitrogens is 1. The smallest absolute Gasteiger partial charge is 0.326 e. The van der Waals surface area contributed by atoms with Gasteiger partial charge in [-0.15, -0.1) is 0 Å². The second-order valence-corrected chi connectivity index (χ2v) is 9.22. The number of fused-ring (bicyclic) bond motifs is 1. The molecular formula is C25H33N5O10. The summed E-state index contributed by atoms with van der Waals surface area (Å²) in [4.78, 5) is 75.1. The number of carboxylic acid groups (broad SMARTS) is 3. The van der Waals surface area contributed by atoms with Gasteiger partial charge in [0.2, 0.25) is 17.7 Å². The molecule has 15 heteroatoms. The van der Waals surface area contributed by atoms with Crippen LogP contribution in [0.5, 0.6) is 0 Å². The van der Waals surface area contributed by atoms with Gasteiger partial charge in [-0.05, 0) is 31.4 Å². The number of aromatic nitrogens is 1. The van der Waals surface area contributed by atoms with Crippen molar-refractivity contribution < 1.29 is 49.2 Å². The number of nitrogens with one attached hydrogen (secondary N) is 4. The van der Waals surface area contributed by atoms with E-state index in [9.17, 15) is 39.0 Å². The van der Waals surface area contributed by atoms with Crippen molar-refractivity contribution >= 4 is 46.5 Å². The van der Waals surface area contributed by atoms with E-state index in [1.807, 2.05) is 0 Å². The average Bonchev–Trinajstić information content (AvgIpc) is 3.29. The number of amides is 3. The van der Waals surface area contributed by atoms with Crippen molar-refractivity contribution in [2.24, 2.45) is 5.73 Å². The molecule has 0 saturated heterocycles. The van der Waals surface area contributed by atoms with Gasteiger partial charge in [0.1, 0.15) is 18.1 Å². The van der Waals surface area contributed by atoms with Crippen molar-refractivity contribution in [1.82, 2.24) is 20.9 Å². The van der Waals surface area contributed by atoms with Crippen LogP contribution in [0.2, 0.25) is 0 Å². The Kier molecular flexibility index (Phi) is 11.6. The normalized spacial score (nSPS) is 14.8. The van der Waals surface area contributed by atoms with Gasteiger partial charge in [-0.3, -0.25) is 24.0 Å². The third-order valence-electron chi connectivity index (χ3n) is 6.06. The molecule has 0 spiro atoms. The van der Waals surface area contributed by atoms with Gasteiger partial charge >= 0.3 is 17.9 Å². The monoisotopic (exact) mass is 563 g/mol. The quantitative estimate of drug-likeness (QED) is 0.116. The Labute approximate surface area is 228 Å². The number of rotatable bonds is 16. The number of aliphatic hydroxyl groups excluding tert-OH is 1. The first-order valence-electron chi connectivity index (χ1n) is 12.4. The van der Waals surface area contributed by atoms with Crippen molar-refractivity contribution in [3.05, 3.63) is 36.0 Å². The Bertz CT molecular complexity index is 1240. The van der Waals surface area contributed by atoms with Gasteiger partial charge in [0.15, 0.2) is 0 Å². The molecule has 0 aliphatic heterocycles. The van der Waals surface area contributed by atoms with Gasteiger partial charge in [-0.1, -0.05) is 18.2 Å². The first kappa shape index (κ1) is 31.7. The maximum absolute atomic E-state index is 13.1. The topological polar surface area (TPSA) is 261 Å². The van der Waals surface area contributed by atoms with Crippen LogP contribution in [0.4, 0.5) is 0 Å². The SMILES string of the molecule is CC(O)C(NC(=O)C(N)CCC(=O)O)C(=O)NC(CCC(=O)O)C(=O)NC(Cc1c[nH]c2ccccc12)C(=O)O. The summed E-state index contributed by atoms with van der Waals surface area (Å²) >= 11 is 0. The van der Waals surface area contributed by atoms with Gasteiger partial charge < -0.3 is 47.1 Å². The number of carbonyl (C=O) groups excluding carboxylic acids is 3. The zero-order valence-electron chi connectivity index (χ0n) is 21.6. The predicted octanol–water partition coefficient (Wildman–Crippen LogP) is -1.31. The Morgan fingerprint density at radius 2 is 1.45 bits per heavy atom. The first-order chi connectivity index (χ1) is 18.8. The Hall–Kier alpha value is -4.50. The van der Waals surface area contributed by atoms with Crippen LogP contribution in [-0.2, 0) is 35.2 Å². The molecule has 1 heterocycles. The predicted molar refractivity (Wildman–Crippen MR) is 139 cm³/mol. The molecule has 0 radical (unpaired) electrons. The molecule has 218 valence electrons. The summed E-state index contributed by atoms with van der Waals surface area (Å²) in [5, 5.41) is 45.1. The van der Waals surface area contributed by atoms with Crippen molar-refractivity contribution in [1.29, 1.82) is 0 Å². The van der Waals surface area contributed by atoms with Crippen LogP contribution in [0.25, 0.3) is 10.9 Å². The molecule has 2 rings (SSSR count). The largest absolute Gasteiger partial charge is 0.481 e. The van der Waals surface area contributed by atoms with Gasteiger partial charge in [-0.2, -0.15) is 0 Å². The van der Waals surface area contributed by atoms with E-state index in [-0.39, 0.29) is 12.8 Å². The van der Waals surface area contributed by atoms with E-state index in [4.69, 9.17) is 15.9 Å². The molecule has 1 aromatic heterocycles. The molecule has 5 unspecified atom stereocenters. The van der Waals surface area contributed by atoms with Crippen LogP contribution in [0.15, 0.2) is 30.5 Å². The number of nitrogens with two attached hydrogens (primary N) is 1. The Morgan fingerprint density at radius 1 is 0.850 bits per heavy atom. The fourth-order valence-corrected chi connectivity index (χ4v) is 3.87. The van der Waals surface area contributed by atoms with Crippen LogP contribution >= 0.6 is 0 Å². The van der Waals surface area contributed by atoms with E-state index >= 15 is 0 Å². The third-order valence-corrected chi connectivity index (χ3v) is 6.06. The highest BCUT2D eigenvalue weighted by Gasteiger charge is 2.33. The third kappa shape index (κ3) is 9.36. The number of carbonyl (C=O) groups is 6. The molecule has 0 saturated carbocycles. The minimum absolute atomic E-state index is 0.120. The fourth-order valence-electron chi connectivity index (χ4n) is 3.87. The van der Waals surface area contributed by atoms with E-state index in [1.54, 1.807) is 30.5 Å². The van der Waals surface area contributed by atoms with Crippen LogP contribution in [0.3, 0.4) is 0 Å². The molecule has 1 aromatic carbocycles. The lowest BCUT2D eigenvalue weighted by molar-refractivity contribution is -0.143. The number of carboxylic acids is 3. The molecule has 0 aliphatic carbocycles. The van der Waals surface area contributed by atoms with Crippen molar-refractivity contribution in [3.63, 3.8) is 0 Å². The number of aliphatic hydroxyl groups is 1. The molecule has 2 aromatic rings. The highest BCUT2D eigenvalue weighted by Crippen LogP contribution is 2.19. The summed E-state index contributed by atoms with van der Waals surface area (Å²) in [6.07, 6.45) is -1.66. The second-order valence-electron chi connectivity index (χ2n) is 9.22. The molecule has 0 bridgehead atoms. The lowest BCUT2D eigenvalue weighted by atomic mass is 10.0. The first-order valence-corrected chi connectivity index (χ1v) is 12.4. The number of aromatic amines is 1. The maximum atomic E-state index is 13.1. The summed E-state index contributed by atoms with van der Waals surface area (Å²) < 4.78 is 0. The van der Waals surface area contributed by atoms with Crippen molar-refractivity contribution in [3.8, 4) is 0 Å². The Morgan fingerprint density at radius 3 is 2.05 bits per heavy atom. The number of hydrogen-bond acceptors (Lipinski definition) is 8. The van der Waals surface area contributed by atoms with Crippen molar-refractivity contribution in [2.45, 2.75) is 69.3 Å². The van der Waals surface area contributed by atoms with E-state index < -0.39 is 85.2 Å². The summed E-state index contributed by atoms with van der Waals surface area (Å²) in [7, 11) is 0. The van der Waals surface area contributed by atoms with Gasteiger partial charge in [0.25, 0.3) is 0 Å². The van der Waals surface area contributed by atoms with E-state index in [1.165, 1.54) is 6.92 Å². The summed E-state index contributed by atoms with van der Waals surface area (Å²) in [5.41, 5.74) is 7.00. The average molecular weight is 564 g/mol. The molecule has 5 atom stereocenters. The zero-order valence-corrected chi connectivity index (χ0v) is 21.6. The summed E-state index contributed by atoms with van der Waals surface area (Å²) in [5.74, 6) is -6.83. The summed E-state index contributed by atoms with van der Waals surface area (Å²) in [6, 6.07) is 1.21. The number of hydrogen-bond donors (Lipinski definition) is 9. The van der Waals surface area contributed by atoms with Crippen LogP contribution in [-0.4, -0.2) is 91.3 Å². The zero-order chi connectivity index (χ0) is 30.0. The highest BCUT2D eigenvalue weighted by atomic mass is 16.4. The minimum atomic E-state index is -1.63. The maximum Gasteiger partial charge on any atom is 0.326 e. The lowest BCUT2D eigenvalue weighted by Crippen LogP contribution is -2.60. The second kappa shape index (κ2) is 14.6. The number of benzene rings is 1. The molecule has 40 heavy (non-hydrogen) atoms. The molecule has 10 N–H and O–H groups in total. The minimum Gasteiger partial charge on any atom is -0.481 e. The van der Waals surface area contributed by atoms with E-state index in [2.05, 4.69) is 20.9 Å². The molecular weight excluding hydrogens is 530 g/mol. The van der Waals surface area contributed by atoms with Gasteiger partial charge in [0, 0.05) is 36.4 Å². The van der Waals surface area contributed by atoms with E-state index in [0.717, 1.165) is 10.9 Å². The standard InChI is InChI=1S/C25H33N5O10/c1-12(31)21(30-22(36)15(26)6-8-19(32)33)24(38)28-17(7-9-20(34)35)23(37)29-18(25(39)40)10-13-11-27-16-5-3-2-4-14(13)16/h2-5,11-12,15,17-18,21,27,31H,6-10,26H2,1H3,(H,28,38)(H,29,37)(H,30,36)(H,32,33)(H,34,35)(H,39,40). The van der Waals surface area contributed by atoms with Crippen LogP contribution in [0, 0.1) is 0 Å². The number of para-hydroxylation sites is 1. The molecule has 15 nitrogen and oxygen atoms in total. The fraction of sp³-hybridized carbons (Fsp3) is 0.440. The number of aliphatic carboxylic acids is 3. The molecule has 3 amide bonds.